The van der Waals surface area contributed by atoms with Gasteiger partial charge >= 0.3 is 0 Å². The summed E-state index contributed by atoms with van der Waals surface area (Å²) in [7, 11) is 0. The first-order chi connectivity index (χ1) is 11.7. The summed E-state index contributed by atoms with van der Waals surface area (Å²) < 4.78 is 0. The van der Waals surface area contributed by atoms with E-state index in [4.69, 9.17) is 0 Å². The molecule has 2 heterocycles. The van der Waals surface area contributed by atoms with Gasteiger partial charge in [0.15, 0.2) is 0 Å². The van der Waals surface area contributed by atoms with E-state index < -0.39 is 0 Å². The number of carbonyl (C=O) groups is 1. The molecule has 1 amide bonds. The second-order valence-electron chi connectivity index (χ2n) is 6.99. The SMILES string of the molecule is CCC1c2ccccc2CCN1C(=O)CCN1CCN(CC)CC1. The Bertz CT molecular complexity index is 552. The van der Waals surface area contributed by atoms with Gasteiger partial charge < -0.3 is 14.7 Å². The number of likely N-dealkylation sites (N-methyl/N-ethyl adjacent to an activating group) is 1. The lowest BCUT2D eigenvalue weighted by molar-refractivity contribution is -0.134. The van der Waals surface area contributed by atoms with Crippen molar-refractivity contribution < 1.29 is 4.79 Å². The van der Waals surface area contributed by atoms with Crippen LogP contribution in [0.15, 0.2) is 24.3 Å². The summed E-state index contributed by atoms with van der Waals surface area (Å²) in [6.07, 6.45) is 2.65. The second kappa shape index (κ2) is 8.13. The van der Waals surface area contributed by atoms with E-state index in [2.05, 4.69) is 52.8 Å². The smallest absolute Gasteiger partial charge is 0.224 e. The highest BCUT2D eigenvalue weighted by Crippen LogP contribution is 2.32. The van der Waals surface area contributed by atoms with E-state index >= 15 is 0 Å². The van der Waals surface area contributed by atoms with Crippen LogP contribution < -0.4 is 0 Å². The summed E-state index contributed by atoms with van der Waals surface area (Å²) >= 11 is 0. The Hall–Kier alpha value is -1.39. The number of hydrogen-bond donors (Lipinski definition) is 0. The quantitative estimate of drug-likeness (QED) is 0.831. The fourth-order valence-electron chi connectivity index (χ4n) is 4.12. The Morgan fingerprint density at radius 2 is 1.75 bits per heavy atom. The highest BCUT2D eigenvalue weighted by Gasteiger charge is 2.29. The van der Waals surface area contributed by atoms with Crippen LogP contribution in [0.1, 0.15) is 43.9 Å². The van der Waals surface area contributed by atoms with E-state index in [0.29, 0.717) is 12.3 Å². The van der Waals surface area contributed by atoms with Gasteiger partial charge in [-0.2, -0.15) is 0 Å². The van der Waals surface area contributed by atoms with Gasteiger partial charge in [-0.15, -0.1) is 0 Å². The van der Waals surface area contributed by atoms with Crippen LogP contribution in [0.5, 0.6) is 0 Å². The third kappa shape index (κ3) is 3.81. The lowest BCUT2D eigenvalue weighted by Gasteiger charge is -2.38. The number of piperazine rings is 1. The highest BCUT2D eigenvalue weighted by molar-refractivity contribution is 5.77. The zero-order valence-corrected chi connectivity index (χ0v) is 15.2. The monoisotopic (exact) mass is 329 g/mol. The Kier molecular flexibility index (Phi) is 5.90. The topological polar surface area (TPSA) is 26.8 Å². The van der Waals surface area contributed by atoms with E-state index in [1.807, 2.05) is 0 Å². The molecule has 0 saturated carbocycles. The minimum absolute atomic E-state index is 0.263. The molecule has 3 rings (SSSR count). The average molecular weight is 329 g/mol. The molecule has 4 heteroatoms. The summed E-state index contributed by atoms with van der Waals surface area (Å²) in [5.41, 5.74) is 2.78. The van der Waals surface area contributed by atoms with Gasteiger partial charge in [0, 0.05) is 45.7 Å². The van der Waals surface area contributed by atoms with Crippen LogP contribution in [0.4, 0.5) is 0 Å². The maximum atomic E-state index is 12.8. The molecular weight excluding hydrogens is 298 g/mol. The lowest BCUT2D eigenvalue weighted by Crippen LogP contribution is -2.47. The molecule has 0 aliphatic carbocycles. The second-order valence-corrected chi connectivity index (χ2v) is 6.99. The van der Waals surface area contributed by atoms with E-state index in [0.717, 1.165) is 58.7 Å². The fraction of sp³-hybridized carbons (Fsp3) is 0.650. The van der Waals surface area contributed by atoms with E-state index in [-0.39, 0.29) is 6.04 Å². The first-order valence-electron chi connectivity index (χ1n) is 9.55. The number of nitrogens with zero attached hydrogens (tertiary/aromatic N) is 3. The number of hydrogen-bond acceptors (Lipinski definition) is 3. The Labute approximate surface area is 146 Å². The first kappa shape index (κ1) is 17.4. The first-order valence-corrected chi connectivity index (χ1v) is 9.55. The van der Waals surface area contributed by atoms with Crippen LogP contribution in [-0.2, 0) is 11.2 Å². The van der Waals surface area contributed by atoms with Gasteiger partial charge in [-0.25, -0.2) is 0 Å². The molecule has 0 aromatic heterocycles. The van der Waals surface area contributed by atoms with Crippen LogP contribution in [0.25, 0.3) is 0 Å². The molecule has 132 valence electrons. The van der Waals surface area contributed by atoms with Crippen molar-refractivity contribution in [2.45, 2.75) is 39.2 Å². The summed E-state index contributed by atoms with van der Waals surface area (Å²) in [5, 5.41) is 0. The summed E-state index contributed by atoms with van der Waals surface area (Å²) in [6, 6.07) is 8.89. The predicted molar refractivity (Wildman–Crippen MR) is 98.1 cm³/mol. The maximum Gasteiger partial charge on any atom is 0.224 e. The minimum Gasteiger partial charge on any atom is -0.335 e. The Morgan fingerprint density at radius 3 is 2.46 bits per heavy atom. The molecule has 1 aromatic rings. The molecule has 4 nitrogen and oxygen atoms in total. The largest absolute Gasteiger partial charge is 0.335 e. The molecule has 24 heavy (non-hydrogen) atoms. The summed E-state index contributed by atoms with van der Waals surface area (Å²) in [4.78, 5) is 19.9. The van der Waals surface area contributed by atoms with Gasteiger partial charge in [0.1, 0.15) is 0 Å². The molecule has 1 atom stereocenters. The third-order valence-electron chi connectivity index (χ3n) is 5.67. The minimum atomic E-state index is 0.263. The van der Waals surface area contributed by atoms with Crippen LogP contribution in [-0.4, -0.2) is 66.4 Å². The molecule has 1 saturated heterocycles. The van der Waals surface area contributed by atoms with Gasteiger partial charge in [0.2, 0.25) is 5.91 Å². The maximum absolute atomic E-state index is 12.8. The Balaban J connectivity index is 1.55. The van der Waals surface area contributed by atoms with Crippen molar-refractivity contribution in [3.63, 3.8) is 0 Å². The highest BCUT2D eigenvalue weighted by atomic mass is 16.2. The molecule has 2 aliphatic heterocycles. The molecule has 0 bridgehead atoms. The lowest BCUT2D eigenvalue weighted by atomic mass is 9.91. The van der Waals surface area contributed by atoms with Gasteiger partial charge in [-0.05, 0) is 30.5 Å². The zero-order chi connectivity index (χ0) is 16.9. The third-order valence-corrected chi connectivity index (χ3v) is 5.67. The molecule has 0 spiro atoms. The standard InChI is InChI=1S/C20H31N3O/c1-3-19-18-8-6-5-7-17(18)9-12-23(19)20(24)10-11-22-15-13-21(4-2)14-16-22/h5-8,19H,3-4,9-16H2,1-2H3. The van der Waals surface area contributed by atoms with Crippen molar-refractivity contribution in [2.24, 2.45) is 0 Å². The molecule has 0 radical (unpaired) electrons. The van der Waals surface area contributed by atoms with Gasteiger partial charge in [0.05, 0.1) is 6.04 Å². The molecular formula is C20H31N3O. The average Bonchev–Trinajstić information content (AvgIpc) is 2.65. The van der Waals surface area contributed by atoms with Crippen LogP contribution in [0.3, 0.4) is 0 Å². The summed E-state index contributed by atoms with van der Waals surface area (Å²) in [6.45, 7) is 11.8. The molecule has 1 fully saturated rings. The molecule has 1 aromatic carbocycles. The van der Waals surface area contributed by atoms with Crippen LogP contribution in [0, 0.1) is 0 Å². The van der Waals surface area contributed by atoms with Crippen molar-refractivity contribution in [2.75, 3.05) is 45.8 Å². The van der Waals surface area contributed by atoms with Crippen molar-refractivity contribution in [3.8, 4) is 0 Å². The van der Waals surface area contributed by atoms with E-state index in [9.17, 15) is 4.79 Å². The zero-order valence-electron chi connectivity index (χ0n) is 15.2. The van der Waals surface area contributed by atoms with Gasteiger partial charge in [0.25, 0.3) is 0 Å². The van der Waals surface area contributed by atoms with E-state index in [1.165, 1.54) is 11.1 Å². The number of benzene rings is 1. The van der Waals surface area contributed by atoms with Gasteiger partial charge in [-0.1, -0.05) is 38.1 Å². The van der Waals surface area contributed by atoms with Crippen molar-refractivity contribution in [1.82, 2.24) is 14.7 Å². The molecule has 1 unspecified atom stereocenters. The van der Waals surface area contributed by atoms with Crippen molar-refractivity contribution in [3.05, 3.63) is 35.4 Å². The normalized spacial score (nSPS) is 22.4. The fourth-order valence-corrected chi connectivity index (χ4v) is 4.12. The molecule has 0 N–H and O–H groups in total. The molecule has 2 aliphatic rings. The van der Waals surface area contributed by atoms with Crippen molar-refractivity contribution in [1.29, 1.82) is 0 Å². The predicted octanol–water partition coefficient (Wildman–Crippen LogP) is 2.55. The van der Waals surface area contributed by atoms with Gasteiger partial charge in [-0.3, -0.25) is 4.79 Å². The van der Waals surface area contributed by atoms with Crippen LogP contribution >= 0.6 is 0 Å². The Morgan fingerprint density at radius 1 is 1.04 bits per heavy atom. The number of carbonyl (C=O) groups excluding carboxylic acids is 1. The summed E-state index contributed by atoms with van der Waals surface area (Å²) in [5.74, 6) is 0.328. The van der Waals surface area contributed by atoms with Crippen molar-refractivity contribution >= 4 is 5.91 Å². The van der Waals surface area contributed by atoms with E-state index in [1.54, 1.807) is 0 Å². The number of rotatable bonds is 5. The number of fused-ring (bicyclic) bond motifs is 1. The number of amides is 1. The van der Waals surface area contributed by atoms with Crippen LogP contribution in [0.2, 0.25) is 0 Å².